The largest absolute Gasteiger partial charge is 0.457 e. The normalized spacial score (nSPS) is 10.7. The first-order valence-corrected chi connectivity index (χ1v) is 10.2. The standard InChI is InChI=1S/C28H26O2/c1-19-5-11-25(12-6-19)29-27-15-9-23(17-21(27)3)24-10-16-28(22(4)18-24)30-26-13-7-20(2)8-14-26/h5-18H,1-4H3. The predicted molar refractivity (Wildman–Crippen MR) is 124 cm³/mol. The Kier molecular flexibility index (Phi) is 5.58. The molecule has 0 spiro atoms. The lowest BCUT2D eigenvalue weighted by atomic mass is 10.0. The summed E-state index contributed by atoms with van der Waals surface area (Å²) in [7, 11) is 0. The first-order valence-electron chi connectivity index (χ1n) is 10.2. The van der Waals surface area contributed by atoms with E-state index in [1.165, 1.54) is 11.1 Å². The molecule has 0 heterocycles. The molecule has 0 aromatic heterocycles. The summed E-state index contributed by atoms with van der Waals surface area (Å²) >= 11 is 0. The first kappa shape index (κ1) is 19.8. The number of rotatable bonds is 5. The highest BCUT2D eigenvalue weighted by Crippen LogP contribution is 2.33. The number of hydrogen-bond donors (Lipinski definition) is 0. The molecule has 4 aromatic carbocycles. The monoisotopic (exact) mass is 394 g/mol. The summed E-state index contributed by atoms with van der Waals surface area (Å²) in [6, 6.07) is 28.8. The lowest BCUT2D eigenvalue weighted by Crippen LogP contribution is -1.91. The maximum Gasteiger partial charge on any atom is 0.130 e. The molecule has 0 unspecified atom stereocenters. The van der Waals surface area contributed by atoms with Gasteiger partial charge in [0.25, 0.3) is 0 Å². The molecular formula is C28H26O2. The van der Waals surface area contributed by atoms with Crippen LogP contribution in [0.2, 0.25) is 0 Å². The number of hydrogen-bond acceptors (Lipinski definition) is 2. The number of aryl methyl sites for hydroxylation is 4. The fraction of sp³-hybridized carbons (Fsp3) is 0.143. The van der Waals surface area contributed by atoms with Gasteiger partial charge < -0.3 is 9.47 Å². The third-order valence-electron chi connectivity index (χ3n) is 5.18. The molecule has 0 aliphatic rings. The summed E-state index contributed by atoms with van der Waals surface area (Å²) in [5, 5.41) is 0. The van der Waals surface area contributed by atoms with Gasteiger partial charge in [-0.1, -0.05) is 47.5 Å². The molecule has 0 atom stereocenters. The minimum absolute atomic E-state index is 0.852. The number of benzene rings is 4. The van der Waals surface area contributed by atoms with Crippen molar-refractivity contribution >= 4 is 0 Å². The molecule has 0 aliphatic heterocycles. The minimum atomic E-state index is 0.852. The zero-order valence-electron chi connectivity index (χ0n) is 17.9. The number of ether oxygens (including phenoxy) is 2. The molecule has 2 heteroatoms. The van der Waals surface area contributed by atoms with E-state index in [2.05, 4.69) is 76.2 Å². The van der Waals surface area contributed by atoms with E-state index < -0.39 is 0 Å². The fourth-order valence-electron chi connectivity index (χ4n) is 3.35. The Hall–Kier alpha value is -3.52. The molecule has 0 bridgehead atoms. The van der Waals surface area contributed by atoms with E-state index >= 15 is 0 Å². The smallest absolute Gasteiger partial charge is 0.130 e. The van der Waals surface area contributed by atoms with Gasteiger partial charge >= 0.3 is 0 Å². The van der Waals surface area contributed by atoms with E-state index in [0.717, 1.165) is 45.3 Å². The van der Waals surface area contributed by atoms with Crippen molar-refractivity contribution in [3.05, 3.63) is 107 Å². The highest BCUT2D eigenvalue weighted by Gasteiger charge is 2.08. The Labute approximate surface area is 178 Å². The summed E-state index contributed by atoms with van der Waals surface area (Å²) in [6.45, 7) is 8.30. The molecule has 0 radical (unpaired) electrons. The van der Waals surface area contributed by atoms with Crippen LogP contribution in [0.25, 0.3) is 11.1 Å². The molecule has 0 N–H and O–H groups in total. The zero-order chi connectivity index (χ0) is 21.1. The zero-order valence-corrected chi connectivity index (χ0v) is 17.9. The molecule has 0 saturated carbocycles. The molecule has 0 fully saturated rings. The van der Waals surface area contributed by atoms with Crippen LogP contribution in [-0.4, -0.2) is 0 Å². The van der Waals surface area contributed by atoms with E-state index in [1.54, 1.807) is 0 Å². The summed E-state index contributed by atoms with van der Waals surface area (Å²) in [5.41, 5.74) is 6.97. The van der Waals surface area contributed by atoms with Crippen LogP contribution in [0.4, 0.5) is 0 Å². The van der Waals surface area contributed by atoms with E-state index in [0.29, 0.717) is 0 Å². The van der Waals surface area contributed by atoms with Crippen LogP contribution in [0.1, 0.15) is 22.3 Å². The third-order valence-corrected chi connectivity index (χ3v) is 5.18. The fourth-order valence-corrected chi connectivity index (χ4v) is 3.35. The Balaban J connectivity index is 1.53. The van der Waals surface area contributed by atoms with Crippen LogP contribution in [0.3, 0.4) is 0 Å². The second-order valence-corrected chi connectivity index (χ2v) is 7.79. The first-order chi connectivity index (χ1) is 14.5. The third kappa shape index (κ3) is 4.55. The maximum absolute atomic E-state index is 6.05. The van der Waals surface area contributed by atoms with Crippen molar-refractivity contribution in [1.29, 1.82) is 0 Å². The van der Waals surface area contributed by atoms with Crippen LogP contribution in [0.15, 0.2) is 84.9 Å². The second-order valence-electron chi connectivity index (χ2n) is 7.79. The van der Waals surface area contributed by atoms with Crippen LogP contribution in [0.5, 0.6) is 23.0 Å². The van der Waals surface area contributed by atoms with Crippen molar-refractivity contribution in [2.24, 2.45) is 0 Å². The Morgan fingerprint density at radius 2 is 0.800 bits per heavy atom. The van der Waals surface area contributed by atoms with Crippen molar-refractivity contribution in [3.63, 3.8) is 0 Å². The summed E-state index contributed by atoms with van der Waals surface area (Å²) in [5.74, 6) is 3.45. The van der Waals surface area contributed by atoms with Gasteiger partial charge in [0.05, 0.1) is 0 Å². The van der Waals surface area contributed by atoms with Crippen molar-refractivity contribution in [3.8, 4) is 34.1 Å². The van der Waals surface area contributed by atoms with E-state index in [-0.39, 0.29) is 0 Å². The van der Waals surface area contributed by atoms with Gasteiger partial charge in [0, 0.05) is 0 Å². The highest BCUT2D eigenvalue weighted by molar-refractivity contribution is 5.68. The quantitative estimate of drug-likeness (QED) is 0.340. The van der Waals surface area contributed by atoms with Crippen molar-refractivity contribution in [2.45, 2.75) is 27.7 Å². The average Bonchev–Trinajstić information content (AvgIpc) is 2.74. The van der Waals surface area contributed by atoms with Crippen LogP contribution in [-0.2, 0) is 0 Å². The SMILES string of the molecule is Cc1ccc(Oc2ccc(-c3ccc(Oc4ccc(C)cc4)c(C)c3)cc2C)cc1. The van der Waals surface area contributed by atoms with Gasteiger partial charge in [0.15, 0.2) is 0 Å². The molecule has 4 aromatic rings. The van der Waals surface area contributed by atoms with Crippen LogP contribution < -0.4 is 9.47 Å². The highest BCUT2D eigenvalue weighted by atomic mass is 16.5. The van der Waals surface area contributed by atoms with E-state index in [1.807, 2.05) is 36.4 Å². The summed E-state index contributed by atoms with van der Waals surface area (Å²) < 4.78 is 12.1. The molecule has 0 amide bonds. The Morgan fingerprint density at radius 1 is 0.433 bits per heavy atom. The molecule has 0 saturated heterocycles. The van der Waals surface area contributed by atoms with Crippen molar-refractivity contribution in [1.82, 2.24) is 0 Å². The van der Waals surface area contributed by atoms with Gasteiger partial charge in [-0.3, -0.25) is 0 Å². The topological polar surface area (TPSA) is 18.5 Å². The maximum atomic E-state index is 6.05. The van der Waals surface area contributed by atoms with E-state index in [9.17, 15) is 0 Å². The summed E-state index contributed by atoms with van der Waals surface area (Å²) in [6.07, 6.45) is 0. The van der Waals surface area contributed by atoms with Gasteiger partial charge in [-0.2, -0.15) is 0 Å². The van der Waals surface area contributed by atoms with Crippen LogP contribution >= 0.6 is 0 Å². The van der Waals surface area contributed by atoms with Crippen molar-refractivity contribution < 1.29 is 9.47 Å². The predicted octanol–water partition coefficient (Wildman–Crippen LogP) is 8.17. The Bertz CT molecular complexity index is 1060. The molecular weight excluding hydrogens is 368 g/mol. The van der Waals surface area contributed by atoms with Crippen LogP contribution in [0, 0.1) is 27.7 Å². The molecule has 30 heavy (non-hydrogen) atoms. The molecule has 2 nitrogen and oxygen atoms in total. The van der Waals surface area contributed by atoms with Gasteiger partial charge in [0.2, 0.25) is 0 Å². The van der Waals surface area contributed by atoms with Gasteiger partial charge in [-0.25, -0.2) is 0 Å². The van der Waals surface area contributed by atoms with Gasteiger partial charge in [-0.15, -0.1) is 0 Å². The summed E-state index contributed by atoms with van der Waals surface area (Å²) in [4.78, 5) is 0. The van der Waals surface area contributed by atoms with Crippen molar-refractivity contribution in [2.75, 3.05) is 0 Å². The lowest BCUT2D eigenvalue weighted by Gasteiger charge is -2.13. The molecule has 150 valence electrons. The lowest BCUT2D eigenvalue weighted by molar-refractivity contribution is 0.478. The molecule has 0 aliphatic carbocycles. The van der Waals surface area contributed by atoms with E-state index in [4.69, 9.17) is 9.47 Å². The van der Waals surface area contributed by atoms with Gasteiger partial charge in [0.1, 0.15) is 23.0 Å². The second kappa shape index (κ2) is 8.46. The average molecular weight is 395 g/mol. The minimum Gasteiger partial charge on any atom is -0.457 e. The molecule has 4 rings (SSSR count). The van der Waals surface area contributed by atoms with Gasteiger partial charge in [-0.05, 0) is 98.5 Å². The Morgan fingerprint density at radius 3 is 1.13 bits per heavy atom.